The van der Waals surface area contributed by atoms with Crippen molar-refractivity contribution in [3.63, 3.8) is 0 Å². The Balaban J connectivity index is 2.05. The molecule has 17 heavy (non-hydrogen) atoms. The SMILES string of the molecule is O=C(Nc1cc(F)ccc1Br)N1CC[C@H](O)C1. The lowest BCUT2D eigenvalue weighted by atomic mass is 10.3. The van der Waals surface area contributed by atoms with Gasteiger partial charge in [-0.1, -0.05) is 0 Å². The molecule has 1 fully saturated rings. The van der Waals surface area contributed by atoms with E-state index in [1.54, 1.807) is 0 Å². The first-order valence-electron chi connectivity index (χ1n) is 5.25. The van der Waals surface area contributed by atoms with Crippen molar-refractivity contribution in [2.45, 2.75) is 12.5 Å². The van der Waals surface area contributed by atoms with Crippen LogP contribution in [-0.2, 0) is 0 Å². The predicted molar refractivity (Wildman–Crippen MR) is 65.3 cm³/mol. The van der Waals surface area contributed by atoms with Crippen molar-refractivity contribution in [3.05, 3.63) is 28.5 Å². The molecule has 1 heterocycles. The fourth-order valence-electron chi connectivity index (χ4n) is 1.71. The summed E-state index contributed by atoms with van der Waals surface area (Å²) in [7, 11) is 0. The van der Waals surface area contributed by atoms with Gasteiger partial charge in [-0.05, 0) is 40.5 Å². The highest BCUT2D eigenvalue weighted by Gasteiger charge is 2.24. The number of halogens is 2. The molecule has 92 valence electrons. The van der Waals surface area contributed by atoms with Gasteiger partial charge < -0.3 is 15.3 Å². The van der Waals surface area contributed by atoms with Gasteiger partial charge in [0, 0.05) is 17.6 Å². The summed E-state index contributed by atoms with van der Waals surface area (Å²) in [5.74, 6) is -0.412. The molecule has 1 aromatic rings. The molecule has 2 rings (SSSR count). The summed E-state index contributed by atoms with van der Waals surface area (Å²) in [5, 5.41) is 11.9. The maximum Gasteiger partial charge on any atom is 0.321 e. The van der Waals surface area contributed by atoms with Crippen molar-refractivity contribution in [2.24, 2.45) is 0 Å². The molecule has 1 aliphatic heterocycles. The molecule has 1 saturated heterocycles. The van der Waals surface area contributed by atoms with Gasteiger partial charge in [-0.3, -0.25) is 0 Å². The lowest BCUT2D eigenvalue weighted by Crippen LogP contribution is -2.33. The average Bonchev–Trinajstić information content (AvgIpc) is 2.70. The molecule has 1 aliphatic rings. The van der Waals surface area contributed by atoms with Gasteiger partial charge in [-0.15, -0.1) is 0 Å². The van der Waals surface area contributed by atoms with Crippen LogP contribution in [0.15, 0.2) is 22.7 Å². The molecule has 2 N–H and O–H groups in total. The number of aliphatic hydroxyl groups is 1. The zero-order valence-electron chi connectivity index (χ0n) is 8.99. The van der Waals surface area contributed by atoms with E-state index in [1.807, 2.05) is 0 Å². The van der Waals surface area contributed by atoms with E-state index >= 15 is 0 Å². The second-order valence-electron chi connectivity index (χ2n) is 3.94. The minimum Gasteiger partial charge on any atom is -0.391 e. The molecule has 0 saturated carbocycles. The summed E-state index contributed by atoms with van der Waals surface area (Å²) >= 11 is 3.23. The number of nitrogens with zero attached hydrogens (tertiary/aromatic N) is 1. The van der Waals surface area contributed by atoms with Gasteiger partial charge in [0.2, 0.25) is 0 Å². The maximum absolute atomic E-state index is 13.0. The molecule has 6 heteroatoms. The number of benzene rings is 1. The first kappa shape index (κ1) is 12.3. The van der Waals surface area contributed by atoms with Gasteiger partial charge in [-0.25, -0.2) is 9.18 Å². The van der Waals surface area contributed by atoms with Crippen molar-refractivity contribution in [1.29, 1.82) is 0 Å². The Morgan fingerprint density at radius 3 is 3.00 bits per heavy atom. The standard InChI is InChI=1S/C11H12BrFN2O2/c12-9-2-1-7(13)5-10(9)14-11(17)15-4-3-8(16)6-15/h1-2,5,8,16H,3-4,6H2,(H,14,17)/t8-/m0/s1. The Morgan fingerprint density at radius 1 is 1.59 bits per heavy atom. The Hall–Kier alpha value is -1.14. The highest BCUT2D eigenvalue weighted by Crippen LogP contribution is 2.23. The summed E-state index contributed by atoms with van der Waals surface area (Å²) in [6.07, 6.45) is 0.120. The van der Waals surface area contributed by atoms with Crippen LogP contribution in [0.3, 0.4) is 0 Å². The number of urea groups is 1. The first-order valence-corrected chi connectivity index (χ1v) is 6.04. The molecular weight excluding hydrogens is 291 g/mol. The van der Waals surface area contributed by atoms with Crippen molar-refractivity contribution < 1.29 is 14.3 Å². The summed E-state index contributed by atoms with van der Waals surface area (Å²) < 4.78 is 13.6. The number of nitrogens with one attached hydrogen (secondary N) is 1. The maximum atomic E-state index is 13.0. The van der Waals surface area contributed by atoms with E-state index in [9.17, 15) is 14.3 Å². The van der Waals surface area contributed by atoms with Crippen molar-refractivity contribution in [1.82, 2.24) is 4.90 Å². The quantitative estimate of drug-likeness (QED) is 0.835. The number of likely N-dealkylation sites (tertiary alicyclic amines) is 1. The topological polar surface area (TPSA) is 52.6 Å². The molecule has 0 spiro atoms. The lowest BCUT2D eigenvalue weighted by molar-refractivity contribution is 0.176. The molecule has 1 aromatic carbocycles. The smallest absolute Gasteiger partial charge is 0.321 e. The van der Waals surface area contributed by atoms with Crippen LogP contribution in [-0.4, -0.2) is 35.2 Å². The number of carbonyl (C=O) groups is 1. The molecule has 0 aromatic heterocycles. The molecule has 2 amide bonds. The van der Waals surface area contributed by atoms with Crippen LogP contribution in [0.1, 0.15) is 6.42 Å². The Bertz CT molecular complexity index is 441. The second-order valence-corrected chi connectivity index (χ2v) is 4.80. The normalized spacial score (nSPS) is 19.5. The first-order chi connectivity index (χ1) is 8.06. The number of anilines is 1. The largest absolute Gasteiger partial charge is 0.391 e. The highest BCUT2D eigenvalue weighted by molar-refractivity contribution is 9.10. The van der Waals surface area contributed by atoms with Crippen LogP contribution in [0.4, 0.5) is 14.9 Å². The molecule has 1 atom stereocenters. The molecule has 4 nitrogen and oxygen atoms in total. The molecule has 0 aliphatic carbocycles. The van der Waals surface area contributed by atoms with Gasteiger partial charge >= 0.3 is 6.03 Å². The third-order valence-corrected chi connectivity index (χ3v) is 3.31. The molecule has 0 bridgehead atoms. The number of carbonyl (C=O) groups excluding carboxylic acids is 1. The molecule has 0 unspecified atom stereocenters. The van der Waals surface area contributed by atoms with Gasteiger partial charge in [0.15, 0.2) is 0 Å². The number of rotatable bonds is 1. The summed E-state index contributed by atoms with van der Waals surface area (Å²) in [6.45, 7) is 0.832. The minimum atomic E-state index is -0.461. The van der Waals surface area contributed by atoms with E-state index < -0.39 is 11.9 Å². The second kappa shape index (κ2) is 5.01. The van der Waals surface area contributed by atoms with Crippen LogP contribution >= 0.6 is 15.9 Å². The number of β-amino-alcohol motifs (C(OH)–C–C–N with tert-alkyl or cyclic N) is 1. The predicted octanol–water partition coefficient (Wildman–Crippen LogP) is 2.19. The van der Waals surface area contributed by atoms with Crippen LogP contribution < -0.4 is 5.32 Å². The fourth-order valence-corrected chi connectivity index (χ4v) is 2.06. The van der Waals surface area contributed by atoms with Crippen LogP contribution in [0.5, 0.6) is 0 Å². The van der Waals surface area contributed by atoms with Crippen LogP contribution in [0.2, 0.25) is 0 Å². The molecule has 0 radical (unpaired) electrons. The lowest BCUT2D eigenvalue weighted by Gasteiger charge is -2.17. The Labute approximate surface area is 107 Å². The highest BCUT2D eigenvalue weighted by atomic mass is 79.9. The minimum absolute atomic E-state index is 0.318. The van der Waals surface area contributed by atoms with Crippen LogP contribution in [0.25, 0.3) is 0 Å². The zero-order chi connectivity index (χ0) is 12.4. The third kappa shape index (κ3) is 2.95. The van der Waals surface area contributed by atoms with E-state index in [1.165, 1.54) is 23.1 Å². The van der Waals surface area contributed by atoms with E-state index in [0.717, 1.165) is 0 Å². The van der Waals surface area contributed by atoms with Crippen molar-refractivity contribution in [3.8, 4) is 0 Å². The van der Waals surface area contributed by atoms with Gasteiger partial charge in [0.05, 0.1) is 11.8 Å². The fraction of sp³-hybridized carbons (Fsp3) is 0.364. The number of hydrogen-bond donors (Lipinski definition) is 2. The average molecular weight is 303 g/mol. The third-order valence-electron chi connectivity index (χ3n) is 2.62. The number of amides is 2. The summed E-state index contributed by atoms with van der Waals surface area (Å²) in [4.78, 5) is 13.3. The van der Waals surface area contributed by atoms with Gasteiger partial charge in [-0.2, -0.15) is 0 Å². The van der Waals surface area contributed by atoms with E-state index in [0.29, 0.717) is 29.7 Å². The van der Waals surface area contributed by atoms with Crippen molar-refractivity contribution in [2.75, 3.05) is 18.4 Å². The number of aliphatic hydroxyl groups excluding tert-OH is 1. The van der Waals surface area contributed by atoms with E-state index in [4.69, 9.17) is 0 Å². The summed E-state index contributed by atoms with van der Waals surface area (Å²) in [5.41, 5.74) is 0.386. The zero-order valence-corrected chi connectivity index (χ0v) is 10.6. The summed E-state index contributed by atoms with van der Waals surface area (Å²) in [6, 6.07) is 3.75. The Morgan fingerprint density at radius 2 is 2.35 bits per heavy atom. The monoisotopic (exact) mass is 302 g/mol. The van der Waals surface area contributed by atoms with Gasteiger partial charge in [0.25, 0.3) is 0 Å². The van der Waals surface area contributed by atoms with Crippen LogP contribution in [0, 0.1) is 5.82 Å². The molecular formula is C11H12BrFN2O2. The van der Waals surface area contributed by atoms with E-state index in [-0.39, 0.29) is 6.03 Å². The van der Waals surface area contributed by atoms with Crippen molar-refractivity contribution >= 4 is 27.6 Å². The van der Waals surface area contributed by atoms with E-state index in [2.05, 4.69) is 21.2 Å². The van der Waals surface area contributed by atoms with Gasteiger partial charge in [0.1, 0.15) is 5.82 Å². The number of hydrogen-bond acceptors (Lipinski definition) is 2. The Kier molecular flexibility index (Phi) is 3.63.